The maximum atomic E-state index is 11.6. The fourth-order valence-corrected chi connectivity index (χ4v) is 2.63. The monoisotopic (exact) mass is 263 g/mol. The Morgan fingerprint density at radius 3 is 2.74 bits per heavy atom. The first-order valence-corrected chi connectivity index (χ1v) is 6.70. The van der Waals surface area contributed by atoms with Crippen molar-refractivity contribution in [3.8, 4) is 0 Å². The highest BCUT2D eigenvalue weighted by Crippen LogP contribution is 2.21. The van der Waals surface area contributed by atoms with Crippen LogP contribution in [0.3, 0.4) is 0 Å². The van der Waals surface area contributed by atoms with E-state index < -0.39 is 18.1 Å². The van der Waals surface area contributed by atoms with Crippen molar-refractivity contribution in [3.05, 3.63) is 35.4 Å². The van der Waals surface area contributed by atoms with Gasteiger partial charge in [-0.25, -0.2) is 0 Å². The maximum absolute atomic E-state index is 11.6. The van der Waals surface area contributed by atoms with E-state index in [9.17, 15) is 9.90 Å². The van der Waals surface area contributed by atoms with E-state index in [0.717, 1.165) is 19.3 Å². The zero-order chi connectivity index (χ0) is 13.8. The second-order valence-electron chi connectivity index (χ2n) is 5.12. The van der Waals surface area contributed by atoms with Gasteiger partial charge in [0.15, 0.2) is 0 Å². The lowest BCUT2D eigenvalue weighted by molar-refractivity contribution is -0.146. The van der Waals surface area contributed by atoms with E-state index in [1.807, 2.05) is 6.07 Å². The number of rotatable bonds is 4. The first-order chi connectivity index (χ1) is 9.11. The number of fused-ring (bicyclic) bond motifs is 1. The molecule has 0 aliphatic heterocycles. The van der Waals surface area contributed by atoms with Crippen LogP contribution in [0.5, 0.6) is 0 Å². The van der Waals surface area contributed by atoms with Gasteiger partial charge in [-0.2, -0.15) is 0 Å². The van der Waals surface area contributed by atoms with Crippen LogP contribution in [0.15, 0.2) is 24.3 Å². The molecule has 3 atom stereocenters. The summed E-state index contributed by atoms with van der Waals surface area (Å²) in [5, 5.41) is 12.9. The molecule has 0 saturated carbocycles. The second kappa shape index (κ2) is 6.17. The summed E-state index contributed by atoms with van der Waals surface area (Å²) in [6.07, 6.45) is 2.10. The molecular weight excluding hydrogens is 242 g/mol. The summed E-state index contributed by atoms with van der Waals surface area (Å²) in [4.78, 5) is 11.6. The highest BCUT2D eigenvalue weighted by Gasteiger charge is 2.28. The van der Waals surface area contributed by atoms with Gasteiger partial charge >= 0.3 is 5.97 Å². The van der Waals surface area contributed by atoms with Crippen LogP contribution in [0, 0.1) is 0 Å². The van der Waals surface area contributed by atoms with E-state index in [1.54, 1.807) is 6.92 Å². The van der Waals surface area contributed by atoms with E-state index in [-0.39, 0.29) is 6.04 Å². The van der Waals surface area contributed by atoms with Crippen LogP contribution in [-0.2, 0) is 22.4 Å². The van der Waals surface area contributed by atoms with Crippen molar-refractivity contribution in [2.24, 2.45) is 0 Å². The molecule has 0 fully saturated rings. The molecule has 1 aromatic carbocycles. The number of aliphatic hydroxyl groups excluding tert-OH is 1. The lowest BCUT2D eigenvalue weighted by Crippen LogP contribution is -2.51. The molecule has 0 radical (unpaired) electrons. The SMILES string of the molecule is COC(=O)C(NC1CCc2ccccc2C1)C(C)O. The Labute approximate surface area is 113 Å². The summed E-state index contributed by atoms with van der Waals surface area (Å²) in [5.41, 5.74) is 2.70. The summed E-state index contributed by atoms with van der Waals surface area (Å²) in [5.74, 6) is -0.408. The molecule has 4 heteroatoms. The lowest BCUT2D eigenvalue weighted by Gasteiger charge is -2.29. The van der Waals surface area contributed by atoms with Crippen LogP contribution in [0.4, 0.5) is 0 Å². The first kappa shape index (κ1) is 14.0. The maximum Gasteiger partial charge on any atom is 0.325 e. The van der Waals surface area contributed by atoms with Crippen LogP contribution >= 0.6 is 0 Å². The normalized spacial score (nSPS) is 21.3. The van der Waals surface area contributed by atoms with Crippen molar-refractivity contribution >= 4 is 5.97 Å². The molecule has 1 aliphatic rings. The molecule has 104 valence electrons. The van der Waals surface area contributed by atoms with Gasteiger partial charge in [0.05, 0.1) is 13.2 Å². The number of ether oxygens (including phenoxy) is 1. The number of benzene rings is 1. The average molecular weight is 263 g/mol. The molecule has 2 rings (SSSR count). The summed E-state index contributed by atoms with van der Waals surface area (Å²) in [6, 6.07) is 7.91. The third-order valence-corrected chi connectivity index (χ3v) is 3.70. The lowest BCUT2D eigenvalue weighted by atomic mass is 9.88. The number of aliphatic hydroxyl groups is 1. The number of methoxy groups -OCH3 is 1. The largest absolute Gasteiger partial charge is 0.468 e. The molecule has 0 aromatic heterocycles. The van der Waals surface area contributed by atoms with Crippen molar-refractivity contribution in [3.63, 3.8) is 0 Å². The molecule has 1 aliphatic carbocycles. The number of nitrogens with one attached hydrogen (secondary N) is 1. The number of hydrogen-bond acceptors (Lipinski definition) is 4. The molecule has 0 spiro atoms. The molecule has 4 nitrogen and oxygen atoms in total. The number of esters is 1. The Balaban J connectivity index is 2.02. The Hall–Kier alpha value is -1.39. The van der Waals surface area contributed by atoms with Gasteiger partial charge < -0.3 is 9.84 Å². The molecular formula is C15H21NO3. The van der Waals surface area contributed by atoms with Crippen molar-refractivity contribution in [2.75, 3.05) is 7.11 Å². The average Bonchev–Trinajstić information content (AvgIpc) is 2.43. The van der Waals surface area contributed by atoms with Crippen LogP contribution in [0.25, 0.3) is 0 Å². The molecule has 2 N–H and O–H groups in total. The van der Waals surface area contributed by atoms with Crippen LogP contribution in [0.1, 0.15) is 24.5 Å². The third kappa shape index (κ3) is 3.33. The number of hydrogen-bond donors (Lipinski definition) is 2. The molecule has 3 unspecified atom stereocenters. The van der Waals surface area contributed by atoms with Gasteiger partial charge in [0.2, 0.25) is 0 Å². The molecule has 0 heterocycles. The second-order valence-corrected chi connectivity index (χ2v) is 5.12. The smallest absolute Gasteiger partial charge is 0.325 e. The van der Waals surface area contributed by atoms with E-state index in [0.29, 0.717) is 0 Å². The minimum atomic E-state index is -0.760. The van der Waals surface area contributed by atoms with E-state index in [2.05, 4.69) is 23.5 Å². The molecule has 0 saturated heterocycles. The molecule has 0 bridgehead atoms. The number of aryl methyl sites for hydroxylation is 1. The van der Waals surface area contributed by atoms with Crippen molar-refractivity contribution in [2.45, 2.75) is 44.4 Å². The topological polar surface area (TPSA) is 58.6 Å². The van der Waals surface area contributed by atoms with Crippen LogP contribution in [0.2, 0.25) is 0 Å². The Kier molecular flexibility index (Phi) is 4.56. The van der Waals surface area contributed by atoms with Crippen molar-refractivity contribution in [1.82, 2.24) is 5.32 Å². The van der Waals surface area contributed by atoms with Gasteiger partial charge in [-0.1, -0.05) is 24.3 Å². The standard InChI is InChI=1S/C15H21NO3/c1-10(17)14(15(18)19-2)16-13-8-7-11-5-3-4-6-12(11)9-13/h3-6,10,13-14,16-17H,7-9H2,1-2H3. The van der Waals surface area contributed by atoms with Gasteiger partial charge in [-0.05, 0) is 37.3 Å². The Morgan fingerprint density at radius 1 is 1.42 bits per heavy atom. The number of carbonyl (C=O) groups is 1. The Bertz CT molecular complexity index is 445. The quantitative estimate of drug-likeness (QED) is 0.797. The Morgan fingerprint density at radius 2 is 2.11 bits per heavy atom. The third-order valence-electron chi connectivity index (χ3n) is 3.70. The van der Waals surface area contributed by atoms with Gasteiger partial charge in [0.25, 0.3) is 0 Å². The number of carbonyl (C=O) groups excluding carboxylic acids is 1. The molecule has 19 heavy (non-hydrogen) atoms. The van der Waals surface area contributed by atoms with E-state index in [1.165, 1.54) is 18.2 Å². The predicted molar refractivity (Wildman–Crippen MR) is 72.9 cm³/mol. The fraction of sp³-hybridized carbons (Fsp3) is 0.533. The van der Waals surface area contributed by atoms with Gasteiger partial charge in [-0.3, -0.25) is 10.1 Å². The first-order valence-electron chi connectivity index (χ1n) is 6.70. The highest BCUT2D eigenvalue weighted by atomic mass is 16.5. The minimum Gasteiger partial charge on any atom is -0.468 e. The van der Waals surface area contributed by atoms with Crippen molar-refractivity contribution < 1.29 is 14.6 Å². The predicted octanol–water partition coefficient (Wildman–Crippen LogP) is 1.06. The summed E-state index contributed by atoms with van der Waals surface area (Å²) in [6.45, 7) is 1.60. The van der Waals surface area contributed by atoms with Crippen LogP contribution in [-0.4, -0.2) is 36.4 Å². The molecule has 0 amide bonds. The fourth-order valence-electron chi connectivity index (χ4n) is 2.63. The van der Waals surface area contributed by atoms with Gasteiger partial charge in [0.1, 0.15) is 6.04 Å². The summed E-state index contributed by atoms with van der Waals surface area (Å²) >= 11 is 0. The van der Waals surface area contributed by atoms with Gasteiger partial charge in [-0.15, -0.1) is 0 Å². The van der Waals surface area contributed by atoms with Crippen LogP contribution < -0.4 is 5.32 Å². The van der Waals surface area contributed by atoms with Crippen molar-refractivity contribution in [1.29, 1.82) is 0 Å². The zero-order valence-corrected chi connectivity index (χ0v) is 11.4. The summed E-state index contributed by atoms with van der Waals surface area (Å²) in [7, 11) is 1.34. The van der Waals surface area contributed by atoms with E-state index >= 15 is 0 Å². The summed E-state index contributed by atoms with van der Waals surface area (Å²) < 4.78 is 4.72. The minimum absolute atomic E-state index is 0.202. The van der Waals surface area contributed by atoms with Gasteiger partial charge in [0, 0.05) is 6.04 Å². The molecule has 1 aromatic rings. The zero-order valence-electron chi connectivity index (χ0n) is 11.4. The highest BCUT2D eigenvalue weighted by molar-refractivity contribution is 5.76. The van der Waals surface area contributed by atoms with E-state index in [4.69, 9.17) is 4.74 Å².